The quantitative estimate of drug-likeness (QED) is 0.908. The molecule has 0 heterocycles. The van der Waals surface area contributed by atoms with E-state index < -0.39 is 17.4 Å². The Morgan fingerprint density at radius 2 is 1.90 bits per heavy atom. The Morgan fingerprint density at radius 3 is 2.30 bits per heavy atom. The molecular weight excluding hydrogens is 278 g/mol. The predicted molar refractivity (Wildman–Crippen MR) is 76.8 cm³/mol. The van der Waals surface area contributed by atoms with Crippen molar-refractivity contribution in [2.24, 2.45) is 0 Å². The molecule has 1 atom stereocenters. The fourth-order valence-electron chi connectivity index (χ4n) is 2.61. The van der Waals surface area contributed by atoms with Crippen molar-refractivity contribution in [3.8, 4) is 0 Å². The van der Waals surface area contributed by atoms with Crippen LogP contribution in [0.1, 0.15) is 31.7 Å². The average molecular weight is 296 g/mol. The van der Waals surface area contributed by atoms with Crippen LogP contribution in [0.15, 0.2) is 24.3 Å². The summed E-state index contributed by atoms with van der Waals surface area (Å²) in [6, 6.07) is 6.45. The molecule has 0 bridgehead atoms. The zero-order valence-corrected chi connectivity index (χ0v) is 12.4. The van der Waals surface area contributed by atoms with Gasteiger partial charge in [0.15, 0.2) is 0 Å². The van der Waals surface area contributed by atoms with Crippen molar-refractivity contribution in [1.82, 2.24) is 4.90 Å². The van der Waals surface area contributed by atoms with Crippen LogP contribution >= 0.6 is 11.6 Å². The van der Waals surface area contributed by atoms with Crippen molar-refractivity contribution >= 4 is 23.5 Å². The van der Waals surface area contributed by atoms with Gasteiger partial charge in [-0.25, -0.2) is 4.79 Å². The van der Waals surface area contributed by atoms with E-state index in [9.17, 15) is 14.7 Å². The summed E-state index contributed by atoms with van der Waals surface area (Å²) in [5, 5.41) is 9.80. The number of carboxylic acid groups (broad SMARTS) is 1. The molecule has 5 heteroatoms. The molecule has 1 fully saturated rings. The highest BCUT2D eigenvalue weighted by Crippen LogP contribution is 2.49. The maximum absolute atomic E-state index is 12.6. The first kappa shape index (κ1) is 14.9. The number of benzene rings is 1. The maximum atomic E-state index is 12.6. The van der Waals surface area contributed by atoms with Crippen LogP contribution in [0.2, 0.25) is 5.02 Å². The van der Waals surface area contributed by atoms with E-state index in [4.69, 9.17) is 11.6 Å². The number of rotatable bonds is 5. The van der Waals surface area contributed by atoms with Crippen LogP contribution in [0, 0.1) is 0 Å². The number of carboxylic acids is 1. The first-order valence-electron chi connectivity index (χ1n) is 6.68. The number of carbonyl (C=O) groups excluding carboxylic acids is 1. The molecule has 1 N–H and O–H groups in total. The van der Waals surface area contributed by atoms with Gasteiger partial charge < -0.3 is 10.0 Å². The van der Waals surface area contributed by atoms with Gasteiger partial charge in [0.25, 0.3) is 0 Å². The van der Waals surface area contributed by atoms with Crippen LogP contribution < -0.4 is 0 Å². The van der Waals surface area contributed by atoms with E-state index in [0.717, 1.165) is 18.4 Å². The highest BCUT2D eigenvalue weighted by atomic mass is 35.5. The number of hydrogen-bond acceptors (Lipinski definition) is 2. The summed E-state index contributed by atoms with van der Waals surface area (Å²) in [6.45, 7) is 1.77. The molecule has 2 rings (SSSR count). The molecule has 20 heavy (non-hydrogen) atoms. The van der Waals surface area contributed by atoms with Crippen molar-refractivity contribution < 1.29 is 14.7 Å². The van der Waals surface area contributed by atoms with E-state index in [1.807, 2.05) is 12.1 Å². The van der Waals surface area contributed by atoms with Gasteiger partial charge in [0.1, 0.15) is 6.04 Å². The molecule has 4 nitrogen and oxygen atoms in total. The van der Waals surface area contributed by atoms with Crippen LogP contribution in [-0.4, -0.2) is 35.0 Å². The molecule has 1 amide bonds. The van der Waals surface area contributed by atoms with Crippen LogP contribution in [0.5, 0.6) is 0 Å². The number of hydrogen-bond donors (Lipinski definition) is 1. The summed E-state index contributed by atoms with van der Waals surface area (Å²) in [4.78, 5) is 25.2. The molecule has 0 aromatic heterocycles. The Morgan fingerprint density at radius 1 is 1.35 bits per heavy atom. The fourth-order valence-corrected chi connectivity index (χ4v) is 2.74. The molecule has 0 saturated heterocycles. The van der Waals surface area contributed by atoms with Gasteiger partial charge in [0.05, 0.1) is 5.41 Å². The number of carbonyl (C=O) groups is 2. The Bertz CT molecular complexity index is 522. The van der Waals surface area contributed by atoms with E-state index in [-0.39, 0.29) is 5.91 Å². The SMILES string of the molecule is CCC(C(=O)O)N(C)C(=O)C1(c2ccc(Cl)cc2)CC1. The monoisotopic (exact) mass is 295 g/mol. The zero-order chi connectivity index (χ0) is 14.9. The standard InChI is InChI=1S/C15H18ClNO3/c1-3-12(13(18)19)17(2)14(20)15(8-9-15)10-4-6-11(16)7-5-10/h4-7,12H,3,8-9H2,1-2H3,(H,18,19). The number of halogens is 1. The van der Waals surface area contributed by atoms with Gasteiger partial charge in [-0.3, -0.25) is 4.79 Å². The molecule has 1 aliphatic carbocycles. The minimum Gasteiger partial charge on any atom is -0.480 e. The number of aliphatic carboxylic acids is 1. The number of nitrogens with zero attached hydrogens (tertiary/aromatic N) is 1. The first-order valence-corrected chi connectivity index (χ1v) is 7.06. The van der Waals surface area contributed by atoms with Crippen molar-refractivity contribution in [3.05, 3.63) is 34.9 Å². The summed E-state index contributed by atoms with van der Waals surface area (Å²) in [6.07, 6.45) is 1.91. The van der Waals surface area contributed by atoms with Crippen LogP contribution in [0.3, 0.4) is 0 Å². The van der Waals surface area contributed by atoms with E-state index in [2.05, 4.69) is 0 Å². The fraction of sp³-hybridized carbons (Fsp3) is 0.467. The second-order valence-corrected chi connectivity index (χ2v) is 5.70. The van der Waals surface area contributed by atoms with Crippen LogP contribution in [0.25, 0.3) is 0 Å². The van der Waals surface area contributed by atoms with Gasteiger partial charge in [-0.2, -0.15) is 0 Å². The highest BCUT2D eigenvalue weighted by molar-refractivity contribution is 6.30. The van der Waals surface area contributed by atoms with Crippen LogP contribution in [0.4, 0.5) is 0 Å². The summed E-state index contributed by atoms with van der Waals surface area (Å²) in [7, 11) is 1.57. The molecule has 0 spiro atoms. The number of likely N-dealkylation sites (N-methyl/N-ethyl adjacent to an activating group) is 1. The van der Waals surface area contributed by atoms with E-state index in [0.29, 0.717) is 11.4 Å². The Hall–Kier alpha value is -1.55. The summed E-state index contributed by atoms with van der Waals surface area (Å²) < 4.78 is 0. The van der Waals surface area contributed by atoms with Crippen molar-refractivity contribution in [3.63, 3.8) is 0 Å². The Labute approximate surface area is 123 Å². The van der Waals surface area contributed by atoms with E-state index in [1.165, 1.54) is 4.90 Å². The van der Waals surface area contributed by atoms with Gasteiger partial charge in [0.2, 0.25) is 5.91 Å². The van der Waals surface area contributed by atoms with E-state index >= 15 is 0 Å². The minimum absolute atomic E-state index is 0.117. The van der Waals surface area contributed by atoms with E-state index in [1.54, 1.807) is 26.1 Å². The second-order valence-electron chi connectivity index (χ2n) is 5.27. The van der Waals surface area contributed by atoms with Gasteiger partial charge in [-0.15, -0.1) is 0 Å². The lowest BCUT2D eigenvalue weighted by molar-refractivity contribution is -0.150. The van der Waals surface area contributed by atoms with Crippen LogP contribution in [-0.2, 0) is 15.0 Å². The molecular formula is C15H18ClNO3. The first-order chi connectivity index (χ1) is 9.42. The van der Waals surface area contributed by atoms with Crippen molar-refractivity contribution in [2.45, 2.75) is 37.6 Å². The van der Waals surface area contributed by atoms with Gasteiger partial charge in [-0.1, -0.05) is 30.7 Å². The molecule has 1 aromatic carbocycles. The molecule has 1 aliphatic rings. The predicted octanol–water partition coefficient (Wildman–Crippen LogP) is 2.69. The topological polar surface area (TPSA) is 57.6 Å². The largest absolute Gasteiger partial charge is 0.480 e. The van der Waals surface area contributed by atoms with Crippen molar-refractivity contribution in [2.75, 3.05) is 7.05 Å². The molecule has 108 valence electrons. The Balaban J connectivity index is 2.24. The molecule has 1 aromatic rings. The number of amides is 1. The summed E-state index contributed by atoms with van der Waals surface area (Å²) >= 11 is 5.87. The minimum atomic E-state index is -0.963. The average Bonchev–Trinajstić information content (AvgIpc) is 3.20. The zero-order valence-electron chi connectivity index (χ0n) is 11.6. The summed E-state index contributed by atoms with van der Waals surface area (Å²) in [5.41, 5.74) is 0.362. The van der Waals surface area contributed by atoms with Gasteiger partial charge in [0, 0.05) is 12.1 Å². The smallest absolute Gasteiger partial charge is 0.326 e. The van der Waals surface area contributed by atoms with Gasteiger partial charge in [-0.05, 0) is 37.0 Å². The summed E-state index contributed by atoms with van der Waals surface area (Å²) in [5.74, 6) is -1.08. The molecule has 1 unspecified atom stereocenters. The third-order valence-electron chi connectivity index (χ3n) is 4.02. The molecule has 1 saturated carbocycles. The third kappa shape index (κ3) is 2.52. The molecule has 0 radical (unpaired) electrons. The van der Waals surface area contributed by atoms with Crippen molar-refractivity contribution in [1.29, 1.82) is 0 Å². The normalized spacial score (nSPS) is 17.4. The third-order valence-corrected chi connectivity index (χ3v) is 4.27. The lowest BCUT2D eigenvalue weighted by Gasteiger charge is -2.28. The molecule has 0 aliphatic heterocycles. The maximum Gasteiger partial charge on any atom is 0.326 e. The lowest BCUT2D eigenvalue weighted by Crippen LogP contribution is -2.46. The second kappa shape index (κ2) is 5.44. The van der Waals surface area contributed by atoms with Gasteiger partial charge >= 0.3 is 5.97 Å². The Kier molecular flexibility index (Phi) is 4.04. The highest BCUT2D eigenvalue weighted by Gasteiger charge is 2.53. The lowest BCUT2D eigenvalue weighted by atomic mass is 9.93.